The number of nitrogens with two attached hydrogens (primary N) is 1. The summed E-state index contributed by atoms with van der Waals surface area (Å²) in [6.07, 6.45) is 4.48. The van der Waals surface area contributed by atoms with E-state index in [1.54, 1.807) is 0 Å². The second-order valence-corrected chi connectivity index (χ2v) is 9.01. The Morgan fingerprint density at radius 2 is 2.19 bits per heavy atom. The lowest BCUT2D eigenvalue weighted by atomic mass is 9.49. The van der Waals surface area contributed by atoms with Crippen LogP contribution in [-0.2, 0) is 16.6 Å². The maximum Gasteiger partial charge on any atom is 0.174 e. The highest BCUT2D eigenvalue weighted by Crippen LogP contribution is 2.65. The van der Waals surface area contributed by atoms with Gasteiger partial charge in [0.1, 0.15) is 6.73 Å². The molecule has 1 aromatic rings. The number of likely N-dealkylation sites (tertiary alicyclic amines) is 1. The third kappa shape index (κ3) is 1.89. The third-order valence-corrected chi connectivity index (χ3v) is 7.78. The van der Waals surface area contributed by atoms with E-state index >= 15 is 0 Å². The SMILES string of the molecule is NCOc1ccc2c3c1O[C@H]1C(=O)CC[C@@]4(O)[C@@H](C2)N(CC2CC2)CC[C@]314. The van der Waals surface area contributed by atoms with Gasteiger partial charge in [0.25, 0.3) is 0 Å². The van der Waals surface area contributed by atoms with Crippen molar-refractivity contribution >= 4 is 5.78 Å². The molecule has 0 amide bonds. The Bertz CT molecular complexity index is 838. The minimum atomic E-state index is -0.918. The number of piperidine rings is 1. The average Bonchev–Trinajstić information content (AvgIpc) is 3.39. The van der Waals surface area contributed by atoms with Gasteiger partial charge in [0.05, 0.1) is 11.0 Å². The minimum Gasteiger partial charge on any atom is -0.477 e. The molecule has 27 heavy (non-hydrogen) atoms. The van der Waals surface area contributed by atoms with E-state index in [0.29, 0.717) is 24.3 Å². The first-order valence-corrected chi connectivity index (χ1v) is 10.2. The smallest absolute Gasteiger partial charge is 0.174 e. The number of rotatable bonds is 4. The Hall–Kier alpha value is -1.63. The summed E-state index contributed by atoms with van der Waals surface area (Å²) in [7, 11) is 0. The summed E-state index contributed by atoms with van der Waals surface area (Å²) in [5.74, 6) is 2.12. The molecule has 3 aliphatic carbocycles. The van der Waals surface area contributed by atoms with E-state index in [4.69, 9.17) is 15.2 Å². The number of hydrogen-bond acceptors (Lipinski definition) is 6. The number of carbonyl (C=O) groups excluding carboxylic acids is 1. The number of ketones is 1. The molecule has 5 aliphatic rings. The summed E-state index contributed by atoms with van der Waals surface area (Å²) in [5, 5.41) is 12.1. The van der Waals surface area contributed by atoms with Crippen molar-refractivity contribution in [3.63, 3.8) is 0 Å². The number of aliphatic hydroxyl groups is 1. The van der Waals surface area contributed by atoms with Gasteiger partial charge in [-0.2, -0.15) is 0 Å². The summed E-state index contributed by atoms with van der Waals surface area (Å²) >= 11 is 0. The van der Waals surface area contributed by atoms with Crippen molar-refractivity contribution in [2.45, 2.75) is 61.7 Å². The van der Waals surface area contributed by atoms with Gasteiger partial charge in [0.2, 0.25) is 0 Å². The monoisotopic (exact) mass is 370 g/mol. The van der Waals surface area contributed by atoms with Gasteiger partial charge in [-0.05, 0) is 56.2 Å². The first-order chi connectivity index (χ1) is 13.1. The highest BCUT2D eigenvalue weighted by molar-refractivity contribution is 5.90. The summed E-state index contributed by atoms with van der Waals surface area (Å²) in [6, 6.07) is 4.06. The highest BCUT2D eigenvalue weighted by atomic mass is 16.5. The highest BCUT2D eigenvalue weighted by Gasteiger charge is 2.73. The van der Waals surface area contributed by atoms with Crippen LogP contribution in [0.1, 0.15) is 43.2 Å². The molecule has 0 radical (unpaired) electrons. The fourth-order valence-electron chi connectivity index (χ4n) is 6.46. The fourth-order valence-corrected chi connectivity index (χ4v) is 6.46. The van der Waals surface area contributed by atoms with Crippen LogP contribution in [0.25, 0.3) is 0 Å². The molecular formula is C21H26N2O4. The van der Waals surface area contributed by atoms with Gasteiger partial charge in [0, 0.05) is 24.6 Å². The minimum absolute atomic E-state index is 0.0584. The van der Waals surface area contributed by atoms with Crippen LogP contribution in [0.15, 0.2) is 12.1 Å². The normalized spacial score (nSPS) is 39.1. The second kappa shape index (κ2) is 5.25. The average molecular weight is 370 g/mol. The molecule has 0 unspecified atom stereocenters. The Labute approximate surface area is 158 Å². The van der Waals surface area contributed by atoms with Gasteiger partial charge in [-0.15, -0.1) is 0 Å². The quantitative estimate of drug-likeness (QED) is 0.773. The molecule has 6 nitrogen and oxygen atoms in total. The van der Waals surface area contributed by atoms with E-state index in [9.17, 15) is 9.90 Å². The lowest BCUT2D eigenvalue weighted by Crippen LogP contribution is -2.76. The Balaban J connectivity index is 1.55. The molecule has 1 spiro atoms. The van der Waals surface area contributed by atoms with Crippen LogP contribution >= 0.6 is 0 Å². The summed E-state index contributed by atoms with van der Waals surface area (Å²) in [4.78, 5) is 15.4. The van der Waals surface area contributed by atoms with Crippen LogP contribution in [0.2, 0.25) is 0 Å². The van der Waals surface area contributed by atoms with Crippen molar-refractivity contribution in [3.8, 4) is 11.5 Å². The van der Waals surface area contributed by atoms with Crippen molar-refractivity contribution in [1.82, 2.24) is 4.90 Å². The van der Waals surface area contributed by atoms with E-state index in [-0.39, 0.29) is 18.6 Å². The molecule has 1 aromatic carbocycles. The molecule has 1 saturated heterocycles. The van der Waals surface area contributed by atoms with Crippen molar-refractivity contribution < 1.29 is 19.4 Å². The molecule has 3 fully saturated rings. The number of nitrogens with zero attached hydrogens (tertiary/aromatic N) is 1. The molecule has 3 N–H and O–H groups in total. The zero-order valence-corrected chi connectivity index (χ0v) is 15.4. The van der Waals surface area contributed by atoms with Crippen molar-refractivity contribution in [3.05, 3.63) is 23.3 Å². The van der Waals surface area contributed by atoms with Gasteiger partial charge >= 0.3 is 0 Å². The third-order valence-electron chi connectivity index (χ3n) is 7.78. The number of carbonyl (C=O) groups is 1. The standard InChI is InChI=1S/C21H26N2O4/c22-11-26-15-4-3-13-9-16-21(25)6-5-14(24)19-20(21,17(13)18(15)27-19)7-8-23(16)10-12-1-2-12/h3-4,12,16,19,25H,1-2,5-11,22H2/t16-,19+,20+,21-/m1/s1. The van der Waals surface area contributed by atoms with E-state index in [1.807, 2.05) is 6.07 Å². The zero-order chi connectivity index (χ0) is 18.4. The molecule has 2 bridgehead atoms. The molecule has 0 aromatic heterocycles. The Morgan fingerprint density at radius 3 is 2.96 bits per heavy atom. The second-order valence-electron chi connectivity index (χ2n) is 9.01. The van der Waals surface area contributed by atoms with E-state index in [2.05, 4.69) is 11.0 Å². The summed E-state index contributed by atoms with van der Waals surface area (Å²) in [5.41, 5.74) is 6.27. The fraction of sp³-hybridized carbons (Fsp3) is 0.667. The van der Waals surface area contributed by atoms with Crippen LogP contribution in [0.5, 0.6) is 11.5 Å². The van der Waals surface area contributed by atoms with Crippen LogP contribution in [-0.4, -0.2) is 53.4 Å². The van der Waals surface area contributed by atoms with Crippen molar-refractivity contribution in [1.29, 1.82) is 0 Å². The Morgan fingerprint density at radius 1 is 1.33 bits per heavy atom. The molecule has 6 rings (SSSR count). The molecule has 4 atom stereocenters. The number of Topliss-reactive ketones (excluding diaryl/α,β-unsaturated/α-hetero) is 1. The van der Waals surface area contributed by atoms with Gasteiger partial charge in [-0.25, -0.2) is 0 Å². The number of ether oxygens (including phenoxy) is 2. The van der Waals surface area contributed by atoms with Crippen LogP contribution in [0.4, 0.5) is 0 Å². The van der Waals surface area contributed by atoms with Gasteiger partial charge < -0.3 is 14.6 Å². The molecule has 2 aliphatic heterocycles. The predicted octanol–water partition coefficient (Wildman–Crippen LogP) is 1.11. The molecular weight excluding hydrogens is 344 g/mol. The van der Waals surface area contributed by atoms with Crippen LogP contribution < -0.4 is 15.2 Å². The van der Waals surface area contributed by atoms with E-state index < -0.39 is 17.1 Å². The number of hydrogen-bond donors (Lipinski definition) is 2. The first-order valence-electron chi connectivity index (χ1n) is 10.2. The predicted molar refractivity (Wildman–Crippen MR) is 97.8 cm³/mol. The lowest BCUT2D eigenvalue weighted by Gasteiger charge is -2.62. The van der Waals surface area contributed by atoms with Crippen molar-refractivity contribution in [2.24, 2.45) is 11.7 Å². The summed E-state index contributed by atoms with van der Waals surface area (Å²) in [6.45, 7) is 2.04. The first kappa shape index (κ1) is 16.3. The van der Waals surface area contributed by atoms with Gasteiger partial charge in [-0.3, -0.25) is 15.4 Å². The number of benzene rings is 1. The van der Waals surface area contributed by atoms with Crippen molar-refractivity contribution in [2.75, 3.05) is 19.8 Å². The maximum absolute atomic E-state index is 12.9. The molecule has 144 valence electrons. The van der Waals surface area contributed by atoms with Crippen LogP contribution in [0, 0.1) is 5.92 Å². The maximum atomic E-state index is 12.9. The Kier molecular flexibility index (Phi) is 3.17. The topological polar surface area (TPSA) is 85.0 Å². The largest absolute Gasteiger partial charge is 0.477 e. The van der Waals surface area contributed by atoms with Gasteiger partial charge in [0.15, 0.2) is 23.4 Å². The van der Waals surface area contributed by atoms with E-state index in [0.717, 1.165) is 37.4 Å². The molecule has 2 heterocycles. The molecule has 2 saturated carbocycles. The van der Waals surface area contributed by atoms with E-state index in [1.165, 1.54) is 18.4 Å². The summed E-state index contributed by atoms with van der Waals surface area (Å²) < 4.78 is 11.9. The van der Waals surface area contributed by atoms with Crippen LogP contribution in [0.3, 0.4) is 0 Å². The lowest BCUT2D eigenvalue weighted by molar-refractivity contribution is -0.188. The molecule has 6 heteroatoms. The zero-order valence-electron chi connectivity index (χ0n) is 15.4. The van der Waals surface area contributed by atoms with Gasteiger partial charge in [-0.1, -0.05) is 6.07 Å².